The minimum Gasteiger partial charge on any atom is -0.481 e. The summed E-state index contributed by atoms with van der Waals surface area (Å²) in [5.41, 5.74) is 2.01. The van der Waals surface area contributed by atoms with Crippen LogP contribution in [0.25, 0.3) is 10.2 Å². The summed E-state index contributed by atoms with van der Waals surface area (Å²) >= 11 is 1.37. The van der Waals surface area contributed by atoms with Crippen LogP contribution in [-0.2, 0) is 11.3 Å². The molecule has 0 aliphatic heterocycles. The minimum absolute atomic E-state index is 0.0998. The maximum atomic E-state index is 12.4. The molecule has 2 N–H and O–H groups in total. The van der Waals surface area contributed by atoms with Crippen molar-refractivity contribution in [2.24, 2.45) is 0 Å². The molecule has 3 rings (SSSR count). The van der Waals surface area contributed by atoms with Crippen LogP contribution in [0.15, 0.2) is 36.4 Å². The molecule has 0 bridgehead atoms. The van der Waals surface area contributed by atoms with Gasteiger partial charge in [0.05, 0.1) is 23.5 Å². The number of nitrogens with zero attached hydrogens (tertiary/aromatic N) is 2. The summed E-state index contributed by atoms with van der Waals surface area (Å²) in [6.07, 6.45) is -0.0998. The van der Waals surface area contributed by atoms with Crippen molar-refractivity contribution in [3.63, 3.8) is 0 Å². The predicted octanol–water partition coefficient (Wildman–Crippen LogP) is 3.05. The summed E-state index contributed by atoms with van der Waals surface area (Å²) < 4.78 is 1.90. The van der Waals surface area contributed by atoms with E-state index in [4.69, 9.17) is 5.11 Å². The van der Waals surface area contributed by atoms with Gasteiger partial charge in [0.1, 0.15) is 4.83 Å². The second kappa shape index (κ2) is 7.06. The van der Waals surface area contributed by atoms with Crippen LogP contribution >= 0.6 is 11.3 Å². The molecule has 2 heterocycles. The fraction of sp³-hybridized carbons (Fsp3) is 0.278. The van der Waals surface area contributed by atoms with Gasteiger partial charge in [0, 0.05) is 11.4 Å². The number of thiophene rings is 1. The number of rotatable bonds is 6. The molecule has 0 spiro atoms. The Morgan fingerprint density at radius 1 is 1.32 bits per heavy atom. The number of carbonyl (C=O) groups is 2. The highest BCUT2D eigenvalue weighted by Gasteiger charge is 2.18. The van der Waals surface area contributed by atoms with Crippen LogP contribution in [0.4, 0.5) is 0 Å². The lowest BCUT2D eigenvalue weighted by Crippen LogP contribution is -2.33. The number of aromatic nitrogens is 2. The zero-order valence-corrected chi connectivity index (χ0v) is 14.8. The van der Waals surface area contributed by atoms with Gasteiger partial charge in [-0.15, -0.1) is 11.3 Å². The van der Waals surface area contributed by atoms with Crippen molar-refractivity contribution in [1.29, 1.82) is 0 Å². The molecule has 0 saturated carbocycles. The van der Waals surface area contributed by atoms with Crippen molar-refractivity contribution < 1.29 is 14.7 Å². The number of aryl methyl sites for hydroxylation is 1. The third kappa shape index (κ3) is 3.88. The monoisotopic (exact) mass is 357 g/mol. The average Bonchev–Trinajstić information content (AvgIpc) is 3.10. The molecule has 0 unspecified atom stereocenters. The topological polar surface area (TPSA) is 84.2 Å². The van der Waals surface area contributed by atoms with E-state index in [0.717, 1.165) is 21.5 Å². The number of aliphatic carboxylic acids is 1. The lowest BCUT2D eigenvalue weighted by atomic mass is 10.2. The fourth-order valence-corrected chi connectivity index (χ4v) is 3.76. The van der Waals surface area contributed by atoms with Gasteiger partial charge >= 0.3 is 5.97 Å². The SMILES string of the molecule is Cc1nn(Cc2ccccc2)c2sc(C(=O)N[C@@H](C)CC(=O)O)cc12. The number of benzene rings is 1. The van der Waals surface area contributed by atoms with Crippen LogP contribution in [0.5, 0.6) is 0 Å². The summed E-state index contributed by atoms with van der Waals surface area (Å²) in [6.45, 7) is 4.25. The molecule has 6 nitrogen and oxygen atoms in total. The zero-order chi connectivity index (χ0) is 18.0. The van der Waals surface area contributed by atoms with Crippen LogP contribution in [0.2, 0.25) is 0 Å². The number of amides is 1. The van der Waals surface area contributed by atoms with E-state index in [-0.39, 0.29) is 12.3 Å². The highest BCUT2D eigenvalue weighted by molar-refractivity contribution is 7.20. The van der Waals surface area contributed by atoms with Gasteiger partial charge in [-0.05, 0) is 25.5 Å². The third-order valence-electron chi connectivity index (χ3n) is 3.86. The van der Waals surface area contributed by atoms with Gasteiger partial charge in [-0.1, -0.05) is 30.3 Å². The lowest BCUT2D eigenvalue weighted by Gasteiger charge is -2.10. The zero-order valence-electron chi connectivity index (χ0n) is 14.0. The van der Waals surface area contributed by atoms with Gasteiger partial charge in [-0.25, -0.2) is 0 Å². The Morgan fingerprint density at radius 3 is 2.72 bits per heavy atom. The van der Waals surface area contributed by atoms with E-state index in [9.17, 15) is 9.59 Å². The Balaban J connectivity index is 1.83. The molecule has 7 heteroatoms. The number of hydrogen-bond donors (Lipinski definition) is 2. The van der Waals surface area contributed by atoms with Crippen LogP contribution in [-0.4, -0.2) is 32.8 Å². The van der Waals surface area contributed by atoms with Gasteiger partial charge in [0.25, 0.3) is 5.91 Å². The van der Waals surface area contributed by atoms with Gasteiger partial charge in [0.2, 0.25) is 0 Å². The average molecular weight is 357 g/mol. The van der Waals surface area contributed by atoms with Crippen LogP contribution in [0.1, 0.15) is 34.3 Å². The van der Waals surface area contributed by atoms with Gasteiger partial charge in [-0.2, -0.15) is 5.10 Å². The minimum atomic E-state index is -0.932. The molecule has 1 aromatic carbocycles. The quantitative estimate of drug-likeness (QED) is 0.710. The van der Waals surface area contributed by atoms with E-state index in [0.29, 0.717) is 11.4 Å². The maximum absolute atomic E-state index is 12.4. The molecule has 0 fully saturated rings. The van der Waals surface area contributed by atoms with Crippen molar-refractivity contribution in [2.45, 2.75) is 32.9 Å². The molecule has 1 amide bonds. The lowest BCUT2D eigenvalue weighted by molar-refractivity contribution is -0.137. The van der Waals surface area contributed by atoms with E-state index in [1.54, 1.807) is 6.92 Å². The first-order chi connectivity index (χ1) is 11.9. The molecule has 0 saturated heterocycles. The molecule has 2 aromatic heterocycles. The second-order valence-electron chi connectivity index (χ2n) is 6.03. The first-order valence-corrected chi connectivity index (χ1v) is 8.79. The predicted molar refractivity (Wildman–Crippen MR) is 97.1 cm³/mol. The van der Waals surface area contributed by atoms with E-state index in [1.807, 2.05) is 48.0 Å². The first-order valence-electron chi connectivity index (χ1n) is 7.97. The van der Waals surface area contributed by atoms with E-state index < -0.39 is 12.0 Å². The molecule has 3 aromatic rings. The van der Waals surface area contributed by atoms with Crippen molar-refractivity contribution >= 4 is 33.4 Å². The third-order valence-corrected chi connectivity index (χ3v) is 5.01. The molecule has 0 aliphatic rings. The van der Waals surface area contributed by atoms with E-state index >= 15 is 0 Å². The molecular weight excluding hydrogens is 338 g/mol. The van der Waals surface area contributed by atoms with Crippen LogP contribution < -0.4 is 5.32 Å². The molecule has 25 heavy (non-hydrogen) atoms. The molecule has 1 atom stereocenters. The summed E-state index contributed by atoms with van der Waals surface area (Å²) in [5.74, 6) is -1.18. The first kappa shape index (κ1) is 17.2. The molecule has 0 radical (unpaired) electrons. The normalized spacial score (nSPS) is 12.2. The van der Waals surface area contributed by atoms with E-state index in [2.05, 4.69) is 10.4 Å². The smallest absolute Gasteiger partial charge is 0.305 e. The number of carboxylic acids is 1. The van der Waals surface area contributed by atoms with Crippen LogP contribution in [0, 0.1) is 6.92 Å². The number of nitrogens with one attached hydrogen (secondary N) is 1. The number of hydrogen-bond acceptors (Lipinski definition) is 4. The van der Waals surface area contributed by atoms with Crippen molar-refractivity contribution in [3.05, 3.63) is 52.5 Å². The fourth-order valence-electron chi connectivity index (χ4n) is 2.70. The maximum Gasteiger partial charge on any atom is 0.305 e. The highest BCUT2D eigenvalue weighted by Crippen LogP contribution is 2.29. The molecule has 0 aliphatic carbocycles. The van der Waals surface area contributed by atoms with Crippen LogP contribution in [0.3, 0.4) is 0 Å². The molecule has 130 valence electrons. The number of carboxylic acid groups (broad SMARTS) is 1. The molecular formula is C18H19N3O3S. The largest absolute Gasteiger partial charge is 0.481 e. The number of carbonyl (C=O) groups excluding carboxylic acids is 1. The summed E-state index contributed by atoms with van der Waals surface area (Å²) in [7, 11) is 0. The second-order valence-corrected chi connectivity index (χ2v) is 7.06. The van der Waals surface area contributed by atoms with Crippen molar-refractivity contribution in [1.82, 2.24) is 15.1 Å². The number of fused-ring (bicyclic) bond motifs is 1. The Labute approximate surface area is 149 Å². The van der Waals surface area contributed by atoms with Gasteiger partial charge < -0.3 is 10.4 Å². The Bertz CT molecular complexity index is 914. The Morgan fingerprint density at radius 2 is 2.04 bits per heavy atom. The summed E-state index contributed by atoms with van der Waals surface area (Å²) in [5, 5.41) is 17.0. The standard InChI is InChI=1S/C18H19N3O3S/c1-11(8-16(22)23)19-17(24)15-9-14-12(2)20-21(18(14)25-15)10-13-6-4-3-5-7-13/h3-7,9,11H,8,10H2,1-2H3,(H,19,24)(H,22,23)/t11-/m0/s1. The van der Waals surface area contributed by atoms with Gasteiger partial charge in [0.15, 0.2) is 0 Å². The van der Waals surface area contributed by atoms with Crippen molar-refractivity contribution in [2.75, 3.05) is 0 Å². The Kier molecular flexibility index (Phi) is 4.85. The van der Waals surface area contributed by atoms with E-state index in [1.165, 1.54) is 11.3 Å². The van der Waals surface area contributed by atoms with Crippen molar-refractivity contribution in [3.8, 4) is 0 Å². The Hall–Kier alpha value is -2.67. The highest BCUT2D eigenvalue weighted by atomic mass is 32.1. The summed E-state index contributed by atoms with van der Waals surface area (Å²) in [4.78, 5) is 24.6. The van der Waals surface area contributed by atoms with Gasteiger partial charge in [-0.3, -0.25) is 14.3 Å². The summed E-state index contributed by atoms with van der Waals surface area (Å²) in [6, 6.07) is 11.4.